The maximum absolute atomic E-state index is 13.2. The fourth-order valence-electron chi connectivity index (χ4n) is 1.68. The fraction of sp³-hybridized carbons (Fsp3) is 0.333. The first-order chi connectivity index (χ1) is 7.49. The van der Waals surface area contributed by atoms with Crippen molar-refractivity contribution < 1.29 is 13.7 Å². The zero-order valence-electron chi connectivity index (χ0n) is 8.19. The van der Waals surface area contributed by atoms with Gasteiger partial charge in [0, 0.05) is 31.3 Å². The summed E-state index contributed by atoms with van der Waals surface area (Å²) in [6.45, 7) is 0.730. The second-order valence-electron chi connectivity index (χ2n) is 3.68. The number of hydrogen-bond donors (Lipinski definition) is 1. The van der Waals surface area contributed by atoms with Crippen molar-refractivity contribution >= 4 is 11.4 Å². The Morgan fingerprint density at radius 1 is 1.44 bits per heavy atom. The lowest BCUT2D eigenvalue weighted by atomic mass is 10.1. The van der Waals surface area contributed by atoms with Crippen LogP contribution in [0.15, 0.2) is 12.1 Å². The summed E-state index contributed by atoms with van der Waals surface area (Å²) in [6, 6.07) is 1.35. The maximum atomic E-state index is 13.2. The minimum atomic E-state index is -1.17. The van der Waals surface area contributed by atoms with E-state index in [2.05, 4.69) is 0 Å². The number of anilines is 1. The van der Waals surface area contributed by atoms with Crippen LogP contribution in [0.2, 0.25) is 0 Å². The van der Waals surface area contributed by atoms with Gasteiger partial charge in [0.2, 0.25) is 5.82 Å². The molecule has 0 bridgehead atoms. The van der Waals surface area contributed by atoms with E-state index in [1.54, 1.807) is 0 Å². The topological polar surface area (TPSA) is 72.4 Å². The van der Waals surface area contributed by atoms with Crippen molar-refractivity contribution in [2.45, 2.75) is 6.04 Å². The van der Waals surface area contributed by atoms with E-state index in [0.717, 1.165) is 6.07 Å². The van der Waals surface area contributed by atoms with Gasteiger partial charge >= 0.3 is 5.69 Å². The quantitative estimate of drug-likeness (QED) is 0.607. The Balaban J connectivity index is 2.45. The van der Waals surface area contributed by atoms with Gasteiger partial charge in [-0.1, -0.05) is 0 Å². The second-order valence-corrected chi connectivity index (χ2v) is 3.68. The zero-order valence-corrected chi connectivity index (χ0v) is 8.19. The number of hydrogen-bond acceptors (Lipinski definition) is 4. The van der Waals surface area contributed by atoms with E-state index in [0.29, 0.717) is 19.2 Å². The largest absolute Gasteiger partial charge is 0.363 e. The molecule has 2 N–H and O–H groups in total. The van der Waals surface area contributed by atoms with Crippen LogP contribution >= 0.6 is 0 Å². The summed E-state index contributed by atoms with van der Waals surface area (Å²) in [6.07, 6.45) is 0. The molecule has 1 aliphatic heterocycles. The third kappa shape index (κ3) is 1.69. The molecule has 0 aromatic heterocycles. The van der Waals surface area contributed by atoms with Crippen LogP contribution < -0.4 is 10.6 Å². The molecular formula is C9H9F2N3O2. The van der Waals surface area contributed by atoms with Gasteiger partial charge in [-0.3, -0.25) is 10.1 Å². The lowest BCUT2D eigenvalue weighted by molar-refractivity contribution is -0.386. The minimum absolute atomic E-state index is 0.0517. The number of benzene rings is 1. The maximum Gasteiger partial charge on any atom is 0.328 e. The van der Waals surface area contributed by atoms with Crippen LogP contribution in [-0.4, -0.2) is 24.1 Å². The van der Waals surface area contributed by atoms with Crippen molar-refractivity contribution in [1.82, 2.24) is 0 Å². The molecule has 0 spiro atoms. The first-order valence-electron chi connectivity index (χ1n) is 4.63. The van der Waals surface area contributed by atoms with Crippen LogP contribution in [0.3, 0.4) is 0 Å². The molecule has 1 aliphatic rings. The Kier molecular flexibility index (Phi) is 2.47. The standard InChI is InChI=1S/C9H9F2N3O2/c10-5-1-7(11)9(14(15)16)8(2-5)13-3-6(12)4-13/h1-2,6H,3-4,12H2. The molecule has 7 heteroatoms. The summed E-state index contributed by atoms with van der Waals surface area (Å²) in [5, 5.41) is 10.7. The molecule has 1 aromatic carbocycles. The molecule has 16 heavy (non-hydrogen) atoms. The van der Waals surface area contributed by atoms with Crippen molar-refractivity contribution in [3.05, 3.63) is 33.9 Å². The molecule has 0 radical (unpaired) electrons. The SMILES string of the molecule is NC1CN(c2cc(F)cc(F)c2[N+](=O)[O-])C1. The van der Waals surface area contributed by atoms with Crippen molar-refractivity contribution in [2.75, 3.05) is 18.0 Å². The molecule has 1 heterocycles. The molecule has 0 saturated carbocycles. The number of rotatable bonds is 2. The van der Waals surface area contributed by atoms with E-state index in [-0.39, 0.29) is 11.7 Å². The number of nitrogens with two attached hydrogens (primary N) is 1. The molecule has 5 nitrogen and oxygen atoms in total. The monoisotopic (exact) mass is 229 g/mol. The van der Waals surface area contributed by atoms with Crippen LogP contribution in [0, 0.1) is 21.7 Å². The number of halogens is 2. The third-order valence-corrected chi connectivity index (χ3v) is 2.44. The van der Waals surface area contributed by atoms with Crippen molar-refractivity contribution in [3.63, 3.8) is 0 Å². The molecule has 0 aliphatic carbocycles. The van der Waals surface area contributed by atoms with Crippen molar-refractivity contribution in [1.29, 1.82) is 0 Å². The Bertz CT molecular complexity index is 447. The number of nitrogens with zero attached hydrogens (tertiary/aromatic N) is 2. The lowest BCUT2D eigenvalue weighted by Gasteiger charge is -2.38. The Hall–Kier alpha value is -1.76. The summed E-state index contributed by atoms with van der Waals surface area (Å²) in [5.41, 5.74) is 4.76. The van der Waals surface area contributed by atoms with Crippen LogP contribution in [0.1, 0.15) is 0 Å². The molecule has 1 fully saturated rings. The normalized spacial score (nSPS) is 16.1. The van der Waals surface area contributed by atoms with Crippen LogP contribution in [0.25, 0.3) is 0 Å². The van der Waals surface area contributed by atoms with Gasteiger partial charge in [-0.05, 0) is 0 Å². The van der Waals surface area contributed by atoms with Crippen molar-refractivity contribution in [2.24, 2.45) is 5.73 Å². The average Bonchev–Trinajstić information content (AvgIpc) is 2.10. The molecule has 0 unspecified atom stereocenters. The highest BCUT2D eigenvalue weighted by molar-refractivity contribution is 5.65. The van der Waals surface area contributed by atoms with Crippen LogP contribution in [0.5, 0.6) is 0 Å². The van der Waals surface area contributed by atoms with E-state index in [4.69, 9.17) is 5.73 Å². The summed E-state index contributed by atoms with van der Waals surface area (Å²) < 4.78 is 26.2. The van der Waals surface area contributed by atoms with E-state index >= 15 is 0 Å². The molecule has 1 saturated heterocycles. The van der Waals surface area contributed by atoms with Gasteiger partial charge in [0.15, 0.2) is 0 Å². The molecule has 2 rings (SSSR count). The first kappa shape index (κ1) is 10.7. The highest BCUT2D eigenvalue weighted by Crippen LogP contribution is 2.34. The Morgan fingerprint density at radius 3 is 2.56 bits per heavy atom. The summed E-state index contributed by atoms with van der Waals surface area (Å²) in [4.78, 5) is 11.3. The third-order valence-electron chi connectivity index (χ3n) is 2.44. The zero-order chi connectivity index (χ0) is 11.9. The molecule has 0 atom stereocenters. The molecule has 0 amide bonds. The van der Waals surface area contributed by atoms with E-state index in [1.807, 2.05) is 0 Å². The first-order valence-corrected chi connectivity index (χ1v) is 4.63. The van der Waals surface area contributed by atoms with Gasteiger partial charge in [0.25, 0.3) is 0 Å². The Morgan fingerprint density at radius 2 is 2.06 bits per heavy atom. The van der Waals surface area contributed by atoms with Gasteiger partial charge in [-0.2, -0.15) is 4.39 Å². The van der Waals surface area contributed by atoms with Gasteiger partial charge in [0.05, 0.1) is 4.92 Å². The number of nitro benzene ring substituents is 1. The fourth-order valence-corrected chi connectivity index (χ4v) is 1.68. The van der Waals surface area contributed by atoms with E-state index < -0.39 is 22.2 Å². The van der Waals surface area contributed by atoms with E-state index in [1.165, 1.54) is 4.90 Å². The number of nitro groups is 1. The van der Waals surface area contributed by atoms with Crippen molar-refractivity contribution in [3.8, 4) is 0 Å². The molecular weight excluding hydrogens is 220 g/mol. The molecule has 86 valence electrons. The van der Waals surface area contributed by atoms with Crippen LogP contribution in [-0.2, 0) is 0 Å². The predicted octanol–water partition coefficient (Wildman–Crippen LogP) is 1.02. The van der Waals surface area contributed by atoms with Gasteiger partial charge < -0.3 is 10.6 Å². The smallest absolute Gasteiger partial charge is 0.328 e. The summed E-state index contributed by atoms with van der Waals surface area (Å²) in [5.74, 6) is -2.00. The average molecular weight is 229 g/mol. The highest BCUT2D eigenvalue weighted by atomic mass is 19.1. The predicted molar refractivity (Wildman–Crippen MR) is 53.2 cm³/mol. The van der Waals surface area contributed by atoms with Gasteiger partial charge in [-0.25, -0.2) is 4.39 Å². The van der Waals surface area contributed by atoms with Gasteiger partial charge in [0.1, 0.15) is 11.5 Å². The highest BCUT2D eigenvalue weighted by Gasteiger charge is 2.32. The minimum Gasteiger partial charge on any atom is -0.363 e. The second kappa shape index (κ2) is 3.67. The van der Waals surface area contributed by atoms with Gasteiger partial charge in [-0.15, -0.1) is 0 Å². The molecule has 1 aromatic rings. The summed E-state index contributed by atoms with van der Waals surface area (Å²) in [7, 11) is 0. The summed E-state index contributed by atoms with van der Waals surface area (Å²) >= 11 is 0. The van der Waals surface area contributed by atoms with Crippen LogP contribution in [0.4, 0.5) is 20.2 Å². The lowest BCUT2D eigenvalue weighted by Crippen LogP contribution is -2.56. The Labute approximate surface area is 89.6 Å². The van der Waals surface area contributed by atoms with E-state index in [9.17, 15) is 18.9 Å².